The second-order valence-corrected chi connectivity index (χ2v) is 5.62. The summed E-state index contributed by atoms with van der Waals surface area (Å²) in [6, 6.07) is 3.59. The zero-order valence-electron chi connectivity index (χ0n) is 8.55. The van der Waals surface area contributed by atoms with Crippen molar-refractivity contribution in [1.82, 2.24) is 0 Å². The Morgan fingerprint density at radius 2 is 2.20 bits per heavy atom. The van der Waals surface area contributed by atoms with Gasteiger partial charge in [-0.3, -0.25) is 0 Å². The fourth-order valence-electron chi connectivity index (χ4n) is 1.85. The third kappa shape index (κ3) is 2.01. The van der Waals surface area contributed by atoms with Gasteiger partial charge in [-0.25, -0.2) is 0 Å². The van der Waals surface area contributed by atoms with Crippen LogP contribution < -0.4 is 4.74 Å². The Morgan fingerprint density at radius 3 is 2.87 bits per heavy atom. The van der Waals surface area contributed by atoms with Crippen LogP contribution in [-0.2, 0) is 0 Å². The number of halogens is 2. The highest BCUT2D eigenvalue weighted by atomic mass is 79.9. The molecule has 0 saturated carbocycles. The molecule has 2 nitrogen and oxygen atoms in total. The Kier molecular flexibility index (Phi) is 2.73. The summed E-state index contributed by atoms with van der Waals surface area (Å²) in [7, 11) is 0. The highest BCUT2D eigenvalue weighted by Crippen LogP contribution is 2.46. The quantitative estimate of drug-likeness (QED) is 0.790. The summed E-state index contributed by atoms with van der Waals surface area (Å²) < 4.78 is 6.62. The number of hydrogen-bond acceptors (Lipinski definition) is 2. The Labute approximate surface area is 102 Å². The SMILES string of the molecule is CC1(C)CC(O)c2c(Br)ccc(Cl)c2O1. The summed E-state index contributed by atoms with van der Waals surface area (Å²) in [5.74, 6) is 0.592. The van der Waals surface area contributed by atoms with Crippen LogP contribution in [0.25, 0.3) is 0 Å². The van der Waals surface area contributed by atoms with Gasteiger partial charge in [0.25, 0.3) is 0 Å². The Balaban J connectivity index is 2.59. The van der Waals surface area contributed by atoms with E-state index in [4.69, 9.17) is 16.3 Å². The van der Waals surface area contributed by atoms with Gasteiger partial charge in [0.2, 0.25) is 0 Å². The predicted octanol–water partition coefficient (Wildman–Crippen LogP) is 3.70. The molecule has 0 saturated heterocycles. The lowest BCUT2D eigenvalue weighted by molar-refractivity contribution is 0.0111. The molecule has 0 radical (unpaired) electrons. The first kappa shape index (κ1) is 11.2. The van der Waals surface area contributed by atoms with Gasteiger partial charge < -0.3 is 9.84 Å². The van der Waals surface area contributed by atoms with E-state index in [2.05, 4.69) is 15.9 Å². The number of aliphatic hydroxyl groups is 1. The fourth-order valence-corrected chi connectivity index (χ4v) is 2.63. The second-order valence-electron chi connectivity index (χ2n) is 4.35. The minimum atomic E-state index is -0.531. The van der Waals surface area contributed by atoms with Crippen molar-refractivity contribution in [2.45, 2.75) is 32.0 Å². The van der Waals surface area contributed by atoms with Crippen LogP contribution in [0.3, 0.4) is 0 Å². The maximum Gasteiger partial charge on any atom is 0.145 e. The molecule has 1 N–H and O–H groups in total. The van der Waals surface area contributed by atoms with Crippen molar-refractivity contribution in [2.24, 2.45) is 0 Å². The van der Waals surface area contributed by atoms with E-state index in [0.29, 0.717) is 17.2 Å². The van der Waals surface area contributed by atoms with Gasteiger partial charge in [0.1, 0.15) is 11.4 Å². The largest absolute Gasteiger partial charge is 0.486 e. The van der Waals surface area contributed by atoms with E-state index in [-0.39, 0.29) is 5.60 Å². The third-order valence-electron chi connectivity index (χ3n) is 2.49. The zero-order valence-corrected chi connectivity index (χ0v) is 10.9. The molecule has 0 spiro atoms. The summed E-state index contributed by atoms with van der Waals surface area (Å²) in [5, 5.41) is 10.6. The predicted molar refractivity (Wildman–Crippen MR) is 63.4 cm³/mol. The monoisotopic (exact) mass is 290 g/mol. The molecule has 2 rings (SSSR count). The maximum absolute atomic E-state index is 10.0. The van der Waals surface area contributed by atoms with Gasteiger partial charge in [-0.2, -0.15) is 0 Å². The van der Waals surface area contributed by atoms with E-state index >= 15 is 0 Å². The van der Waals surface area contributed by atoms with Gasteiger partial charge in [0.15, 0.2) is 0 Å². The van der Waals surface area contributed by atoms with Crippen molar-refractivity contribution in [3.05, 3.63) is 27.2 Å². The Morgan fingerprint density at radius 1 is 1.53 bits per heavy atom. The Hall–Kier alpha value is -0.250. The molecule has 1 aliphatic heterocycles. The molecule has 1 aromatic rings. The number of aliphatic hydroxyl groups excluding tert-OH is 1. The minimum Gasteiger partial charge on any atom is -0.486 e. The van der Waals surface area contributed by atoms with Crippen molar-refractivity contribution in [1.29, 1.82) is 0 Å². The van der Waals surface area contributed by atoms with Crippen LogP contribution in [0.1, 0.15) is 31.9 Å². The van der Waals surface area contributed by atoms with Crippen LogP contribution in [0.5, 0.6) is 5.75 Å². The molecule has 1 heterocycles. The van der Waals surface area contributed by atoms with E-state index in [1.807, 2.05) is 19.9 Å². The van der Waals surface area contributed by atoms with Gasteiger partial charge in [-0.1, -0.05) is 27.5 Å². The van der Waals surface area contributed by atoms with Crippen molar-refractivity contribution in [3.8, 4) is 5.75 Å². The van der Waals surface area contributed by atoms with E-state index in [1.54, 1.807) is 6.07 Å². The van der Waals surface area contributed by atoms with E-state index in [9.17, 15) is 5.11 Å². The van der Waals surface area contributed by atoms with Crippen LogP contribution in [0.2, 0.25) is 5.02 Å². The second kappa shape index (κ2) is 3.65. The first-order valence-corrected chi connectivity index (χ1v) is 5.93. The molecule has 82 valence electrons. The number of benzene rings is 1. The molecule has 4 heteroatoms. The summed E-state index contributed by atoms with van der Waals surface area (Å²) >= 11 is 9.45. The summed E-state index contributed by atoms with van der Waals surface area (Å²) in [6.45, 7) is 3.88. The van der Waals surface area contributed by atoms with Crippen molar-refractivity contribution in [3.63, 3.8) is 0 Å². The van der Waals surface area contributed by atoms with Crippen molar-refractivity contribution in [2.75, 3.05) is 0 Å². The summed E-state index contributed by atoms with van der Waals surface area (Å²) in [5.41, 5.74) is 0.374. The van der Waals surface area contributed by atoms with Crippen LogP contribution in [-0.4, -0.2) is 10.7 Å². The average molecular weight is 292 g/mol. The number of fused-ring (bicyclic) bond motifs is 1. The van der Waals surface area contributed by atoms with E-state index in [0.717, 1.165) is 10.0 Å². The van der Waals surface area contributed by atoms with Crippen molar-refractivity contribution >= 4 is 27.5 Å². The zero-order chi connectivity index (χ0) is 11.2. The highest BCUT2D eigenvalue weighted by Gasteiger charge is 2.35. The molecular weight excluding hydrogens is 279 g/mol. The third-order valence-corrected chi connectivity index (χ3v) is 3.48. The smallest absolute Gasteiger partial charge is 0.145 e. The van der Waals surface area contributed by atoms with Crippen LogP contribution in [0, 0.1) is 0 Å². The highest BCUT2D eigenvalue weighted by molar-refractivity contribution is 9.10. The minimum absolute atomic E-state index is 0.378. The molecule has 1 aliphatic rings. The van der Waals surface area contributed by atoms with E-state index < -0.39 is 6.10 Å². The molecule has 0 bridgehead atoms. The lowest BCUT2D eigenvalue weighted by Gasteiger charge is -2.36. The van der Waals surface area contributed by atoms with Gasteiger partial charge in [0, 0.05) is 16.5 Å². The van der Waals surface area contributed by atoms with Crippen LogP contribution >= 0.6 is 27.5 Å². The number of rotatable bonds is 0. The number of hydrogen-bond donors (Lipinski definition) is 1. The van der Waals surface area contributed by atoms with Crippen molar-refractivity contribution < 1.29 is 9.84 Å². The molecule has 0 aliphatic carbocycles. The van der Waals surface area contributed by atoms with Gasteiger partial charge >= 0.3 is 0 Å². The summed E-state index contributed by atoms with van der Waals surface area (Å²) in [4.78, 5) is 0. The van der Waals surface area contributed by atoms with Crippen LogP contribution in [0.4, 0.5) is 0 Å². The standard InChI is InChI=1S/C11H12BrClO2/c1-11(2)5-8(14)9-6(12)3-4-7(13)10(9)15-11/h3-4,8,14H,5H2,1-2H3. The molecule has 15 heavy (non-hydrogen) atoms. The average Bonchev–Trinajstić information content (AvgIpc) is 2.09. The topological polar surface area (TPSA) is 29.5 Å². The maximum atomic E-state index is 10.0. The van der Waals surface area contributed by atoms with Gasteiger partial charge in [-0.05, 0) is 26.0 Å². The molecule has 0 amide bonds. The molecule has 1 aromatic carbocycles. The van der Waals surface area contributed by atoms with Crippen LogP contribution in [0.15, 0.2) is 16.6 Å². The summed E-state index contributed by atoms with van der Waals surface area (Å²) in [6.07, 6.45) is 0.0377. The van der Waals surface area contributed by atoms with Gasteiger partial charge in [0.05, 0.1) is 11.1 Å². The lowest BCUT2D eigenvalue weighted by atomic mass is 9.92. The van der Waals surface area contributed by atoms with E-state index in [1.165, 1.54) is 0 Å². The molecule has 1 unspecified atom stereocenters. The van der Waals surface area contributed by atoms with Gasteiger partial charge in [-0.15, -0.1) is 0 Å². The first-order chi connectivity index (χ1) is 6.91. The molecule has 1 atom stereocenters. The fraction of sp³-hybridized carbons (Fsp3) is 0.455. The molecule has 0 fully saturated rings. The lowest BCUT2D eigenvalue weighted by Crippen LogP contribution is -2.35. The first-order valence-electron chi connectivity index (χ1n) is 4.76. The Bertz CT molecular complexity index is 404. The normalized spacial score (nSPS) is 23.1. The molecular formula is C11H12BrClO2. The number of ether oxygens (including phenoxy) is 1. The molecule has 0 aromatic heterocycles.